The Kier molecular flexibility index (Phi) is 5.26. The quantitative estimate of drug-likeness (QED) is 0.507. The monoisotopic (exact) mass is 417 g/mol. The normalized spacial score (nSPS) is 15.9. The average molecular weight is 417 g/mol. The molecule has 2 aromatic heterocycles. The summed E-state index contributed by atoms with van der Waals surface area (Å²) in [5, 5.41) is 1.14. The second kappa shape index (κ2) is 8.35. The molecule has 3 heterocycles. The van der Waals surface area contributed by atoms with Crippen LogP contribution in [0.3, 0.4) is 0 Å². The molecule has 1 atom stereocenters. The van der Waals surface area contributed by atoms with Crippen LogP contribution >= 0.6 is 0 Å². The van der Waals surface area contributed by atoms with Gasteiger partial charge in [-0.25, -0.2) is 14.4 Å². The van der Waals surface area contributed by atoms with Crippen LogP contribution in [0.2, 0.25) is 0 Å². The summed E-state index contributed by atoms with van der Waals surface area (Å²) in [4.78, 5) is 16.6. The molecule has 1 fully saturated rings. The van der Waals surface area contributed by atoms with Crippen LogP contribution in [-0.2, 0) is 0 Å². The van der Waals surface area contributed by atoms with Gasteiger partial charge in [0.15, 0.2) is 0 Å². The number of H-pyrrole nitrogens is 1. The smallest absolute Gasteiger partial charge is 0.224 e. The number of hydrogen-bond donors (Lipinski definition) is 1. The lowest BCUT2D eigenvalue weighted by Gasteiger charge is -2.38. The summed E-state index contributed by atoms with van der Waals surface area (Å²) in [6.45, 7) is 5.69. The molecule has 31 heavy (non-hydrogen) atoms. The summed E-state index contributed by atoms with van der Waals surface area (Å²) in [6, 6.07) is 16.9. The second-order valence-electron chi connectivity index (χ2n) is 7.79. The molecule has 0 bridgehead atoms. The van der Waals surface area contributed by atoms with Gasteiger partial charge in [0.05, 0.1) is 0 Å². The van der Waals surface area contributed by atoms with Gasteiger partial charge in [0.25, 0.3) is 0 Å². The molecule has 0 spiro atoms. The van der Waals surface area contributed by atoms with E-state index in [-0.39, 0.29) is 11.9 Å². The van der Waals surface area contributed by atoms with Crippen molar-refractivity contribution in [3.63, 3.8) is 0 Å². The van der Waals surface area contributed by atoms with Gasteiger partial charge in [-0.3, -0.25) is 4.90 Å². The highest BCUT2D eigenvalue weighted by atomic mass is 19.1. The summed E-state index contributed by atoms with van der Waals surface area (Å²) in [6.07, 6.45) is 3.46. The fraction of sp³-hybridized carbons (Fsp3) is 0.250. The molecule has 4 aromatic rings. The predicted octanol–water partition coefficient (Wildman–Crippen LogP) is 4.77. The number of nitrogens with one attached hydrogen (secondary N) is 1. The number of ether oxygens (including phenoxy) is 1. The van der Waals surface area contributed by atoms with Crippen molar-refractivity contribution in [1.82, 2.24) is 19.9 Å². The number of aromatic amines is 1. The number of benzene rings is 2. The SMILES string of the molecule is C[C@@H](c1ccc(F)cc1)N1CCN(c2cc(Oc3ccc4cc[nH]c4c3)ncn2)CC1. The van der Waals surface area contributed by atoms with E-state index in [4.69, 9.17) is 4.74 Å². The number of fused-ring (bicyclic) bond motifs is 1. The van der Waals surface area contributed by atoms with E-state index in [1.165, 1.54) is 12.1 Å². The third kappa shape index (κ3) is 4.22. The maximum Gasteiger partial charge on any atom is 0.224 e. The molecule has 0 radical (unpaired) electrons. The van der Waals surface area contributed by atoms with E-state index in [0.29, 0.717) is 5.88 Å². The molecule has 0 saturated carbocycles. The zero-order valence-corrected chi connectivity index (χ0v) is 17.3. The van der Waals surface area contributed by atoms with Crippen LogP contribution in [0.25, 0.3) is 10.9 Å². The highest BCUT2D eigenvalue weighted by Crippen LogP contribution is 2.27. The number of halogens is 1. The van der Waals surface area contributed by atoms with Gasteiger partial charge in [-0.15, -0.1) is 0 Å². The Labute approximate surface area is 180 Å². The lowest BCUT2D eigenvalue weighted by atomic mass is 10.1. The van der Waals surface area contributed by atoms with Crippen LogP contribution < -0.4 is 9.64 Å². The fourth-order valence-corrected chi connectivity index (χ4v) is 4.06. The topological polar surface area (TPSA) is 57.3 Å². The van der Waals surface area contributed by atoms with Crippen LogP contribution in [0.4, 0.5) is 10.2 Å². The minimum Gasteiger partial charge on any atom is -0.439 e. The predicted molar refractivity (Wildman–Crippen MR) is 119 cm³/mol. The van der Waals surface area contributed by atoms with E-state index in [0.717, 1.165) is 54.2 Å². The Morgan fingerprint density at radius 3 is 2.58 bits per heavy atom. The fourth-order valence-electron chi connectivity index (χ4n) is 4.06. The van der Waals surface area contributed by atoms with Crippen LogP contribution in [0.1, 0.15) is 18.5 Å². The minimum absolute atomic E-state index is 0.199. The molecule has 0 unspecified atom stereocenters. The first-order valence-corrected chi connectivity index (χ1v) is 10.5. The molecule has 0 aliphatic carbocycles. The van der Waals surface area contributed by atoms with Gasteiger partial charge in [0.2, 0.25) is 5.88 Å². The molecule has 5 rings (SSSR count). The van der Waals surface area contributed by atoms with Crippen molar-refractivity contribution in [3.8, 4) is 11.6 Å². The van der Waals surface area contributed by atoms with E-state index in [1.807, 2.05) is 48.7 Å². The van der Waals surface area contributed by atoms with Crippen molar-refractivity contribution in [2.24, 2.45) is 0 Å². The average Bonchev–Trinajstić information content (AvgIpc) is 3.27. The lowest BCUT2D eigenvalue weighted by molar-refractivity contribution is 0.198. The Balaban J connectivity index is 1.23. The van der Waals surface area contributed by atoms with Gasteiger partial charge in [0.1, 0.15) is 23.7 Å². The van der Waals surface area contributed by atoms with E-state index < -0.39 is 0 Å². The number of hydrogen-bond acceptors (Lipinski definition) is 5. The first kappa shape index (κ1) is 19.5. The molecule has 6 nitrogen and oxygen atoms in total. The highest BCUT2D eigenvalue weighted by molar-refractivity contribution is 5.80. The summed E-state index contributed by atoms with van der Waals surface area (Å²) in [5.74, 6) is 1.92. The van der Waals surface area contributed by atoms with Gasteiger partial charge < -0.3 is 14.6 Å². The maximum absolute atomic E-state index is 13.2. The number of piperazine rings is 1. The summed E-state index contributed by atoms with van der Waals surface area (Å²) in [5.41, 5.74) is 2.16. The second-order valence-corrected chi connectivity index (χ2v) is 7.79. The van der Waals surface area contributed by atoms with E-state index in [1.54, 1.807) is 6.33 Å². The summed E-state index contributed by atoms with van der Waals surface area (Å²) < 4.78 is 19.2. The Morgan fingerprint density at radius 1 is 0.968 bits per heavy atom. The molecule has 7 heteroatoms. The third-order valence-corrected chi connectivity index (χ3v) is 5.91. The van der Waals surface area contributed by atoms with Crippen molar-refractivity contribution in [2.75, 3.05) is 31.1 Å². The van der Waals surface area contributed by atoms with Crippen LogP contribution in [0.5, 0.6) is 11.6 Å². The van der Waals surface area contributed by atoms with Crippen LogP contribution in [0, 0.1) is 5.82 Å². The molecule has 0 amide bonds. The molecule has 1 N–H and O–H groups in total. The van der Waals surface area contributed by atoms with Crippen LogP contribution in [-0.4, -0.2) is 46.0 Å². The Bertz CT molecular complexity index is 1170. The highest BCUT2D eigenvalue weighted by Gasteiger charge is 2.23. The van der Waals surface area contributed by atoms with Gasteiger partial charge in [0, 0.05) is 56.1 Å². The van der Waals surface area contributed by atoms with E-state index >= 15 is 0 Å². The molecule has 1 aliphatic rings. The number of rotatable bonds is 5. The minimum atomic E-state index is -0.199. The van der Waals surface area contributed by atoms with Crippen molar-refractivity contribution < 1.29 is 9.13 Å². The largest absolute Gasteiger partial charge is 0.439 e. The van der Waals surface area contributed by atoms with Gasteiger partial charge >= 0.3 is 0 Å². The van der Waals surface area contributed by atoms with Crippen LogP contribution in [0.15, 0.2) is 67.1 Å². The lowest BCUT2D eigenvalue weighted by Crippen LogP contribution is -2.47. The number of nitrogens with zero attached hydrogens (tertiary/aromatic N) is 4. The van der Waals surface area contributed by atoms with Gasteiger partial charge in [-0.1, -0.05) is 12.1 Å². The van der Waals surface area contributed by atoms with Crippen molar-refractivity contribution in [1.29, 1.82) is 0 Å². The zero-order chi connectivity index (χ0) is 21.2. The van der Waals surface area contributed by atoms with Gasteiger partial charge in [-0.05, 0) is 48.2 Å². The standard InChI is InChI=1S/C24H24FN5O/c1-17(18-2-5-20(25)6-3-18)29-10-12-30(13-11-29)23-15-24(28-16-27-23)31-21-7-4-19-8-9-26-22(19)14-21/h2-9,14-17,26H,10-13H2,1H3/t17-/m0/s1. The molecular formula is C24H24FN5O. The zero-order valence-electron chi connectivity index (χ0n) is 17.3. The number of aromatic nitrogens is 3. The van der Waals surface area contributed by atoms with E-state index in [9.17, 15) is 4.39 Å². The van der Waals surface area contributed by atoms with Crippen molar-refractivity contribution in [3.05, 3.63) is 78.5 Å². The molecule has 2 aromatic carbocycles. The summed E-state index contributed by atoms with van der Waals surface area (Å²) >= 11 is 0. The maximum atomic E-state index is 13.2. The first-order chi connectivity index (χ1) is 15.2. The Morgan fingerprint density at radius 2 is 1.77 bits per heavy atom. The molecule has 1 aliphatic heterocycles. The summed E-state index contributed by atoms with van der Waals surface area (Å²) in [7, 11) is 0. The third-order valence-electron chi connectivity index (χ3n) is 5.91. The van der Waals surface area contributed by atoms with Crippen molar-refractivity contribution in [2.45, 2.75) is 13.0 Å². The molecular weight excluding hydrogens is 393 g/mol. The van der Waals surface area contributed by atoms with Gasteiger partial charge in [-0.2, -0.15) is 0 Å². The molecule has 158 valence electrons. The Hall–Kier alpha value is -3.45. The first-order valence-electron chi connectivity index (χ1n) is 10.5. The molecule has 1 saturated heterocycles. The van der Waals surface area contributed by atoms with Crippen molar-refractivity contribution >= 4 is 16.7 Å². The number of anilines is 1. The van der Waals surface area contributed by atoms with E-state index in [2.05, 4.69) is 31.7 Å².